The van der Waals surface area contributed by atoms with Gasteiger partial charge >= 0.3 is 5.97 Å². The summed E-state index contributed by atoms with van der Waals surface area (Å²) in [6.45, 7) is 2.76. The van der Waals surface area contributed by atoms with Crippen LogP contribution in [0.25, 0.3) is 0 Å². The monoisotopic (exact) mass is 295 g/mol. The van der Waals surface area contributed by atoms with Crippen LogP contribution in [0.5, 0.6) is 0 Å². The third-order valence-corrected chi connectivity index (χ3v) is 3.46. The Labute approximate surface area is 125 Å². The van der Waals surface area contributed by atoms with Crippen molar-refractivity contribution in [2.75, 3.05) is 13.1 Å². The zero-order chi connectivity index (χ0) is 15.9. The summed E-state index contributed by atoms with van der Waals surface area (Å²) >= 11 is 0. The molecular weight excluding hydrogens is 270 g/mol. The number of hydrogen-bond acceptors (Lipinski definition) is 4. The maximum atomic E-state index is 12.2. The number of likely N-dealkylation sites (tertiary alicyclic amines) is 1. The Kier molecular flexibility index (Phi) is 6.58. The van der Waals surface area contributed by atoms with Crippen molar-refractivity contribution >= 4 is 11.9 Å². The largest absolute Gasteiger partial charge is 0.480 e. The van der Waals surface area contributed by atoms with E-state index in [2.05, 4.69) is 0 Å². The van der Waals surface area contributed by atoms with Crippen molar-refractivity contribution in [2.24, 2.45) is 11.5 Å². The number of allylic oxidation sites excluding steroid dienone is 2. The molecule has 1 aliphatic rings. The van der Waals surface area contributed by atoms with Crippen molar-refractivity contribution in [1.82, 2.24) is 4.90 Å². The summed E-state index contributed by atoms with van der Waals surface area (Å²) in [7, 11) is 0. The number of hydrogen-bond donors (Lipinski definition) is 3. The molecule has 5 N–H and O–H groups in total. The van der Waals surface area contributed by atoms with Gasteiger partial charge in [0.15, 0.2) is 0 Å². The highest BCUT2D eigenvalue weighted by Gasteiger charge is 2.35. The minimum Gasteiger partial charge on any atom is -0.480 e. The fourth-order valence-electron chi connectivity index (χ4n) is 2.42. The second kappa shape index (κ2) is 7.95. The van der Waals surface area contributed by atoms with Gasteiger partial charge in [0.1, 0.15) is 6.04 Å². The number of nitrogens with two attached hydrogens (primary N) is 2. The SMILES string of the molecule is CC(N)(/C=C\C/C=C\CN)CC(=O)N1CCCC1C(=O)O. The number of carbonyl (C=O) groups is 2. The highest BCUT2D eigenvalue weighted by molar-refractivity contribution is 5.85. The summed E-state index contributed by atoms with van der Waals surface area (Å²) < 4.78 is 0. The molecule has 1 heterocycles. The van der Waals surface area contributed by atoms with Crippen LogP contribution < -0.4 is 11.5 Å². The lowest BCUT2D eigenvalue weighted by Gasteiger charge is -2.26. The van der Waals surface area contributed by atoms with Crippen molar-refractivity contribution < 1.29 is 14.7 Å². The van der Waals surface area contributed by atoms with E-state index in [0.717, 1.165) is 6.42 Å². The normalized spacial score (nSPS) is 22.0. The van der Waals surface area contributed by atoms with Crippen molar-refractivity contribution in [3.05, 3.63) is 24.3 Å². The Balaban J connectivity index is 2.55. The molecule has 0 spiro atoms. The lowest BCUT2D eigenvalue weighted by Crippen LogP contribution is -2.46. The van der Waals surface area contributed by atoms with Crippen LogP contribution in [0, 0.1) is 0 Å². The van der Waals surface area contributed by atoms with Crippen LogP contribution in [-0.2, 0) is 9.59 Å². The fraction of sp³-hybridized carbons (Fsp3) is 0.600. The van der Waals surface area contributed by atoms with Crippen LogP contribution in [0.1, 0.15) is 32.6 Å². The van der Waals surface area contributed by atoms with Crippen LogP contribution in [0.2, 0.25) is 0 Å². The quantitative estimate of drug-likeness (QED) is 0.597. The van der Waals surface area contributed by atoms with Crippen molar-refractivity contribution in [2.45, 2.75) is 44.2 Å². The highest BCUT2D eigenvalue weighted by atomic mass is 16.4. The third-order valence-electron chi connectivity index (χ3n) is 3.46. The average Bonchev–Trinajstić information content (AvgIpc) is 2.87. The molecule has 0 aliphatic carbocycles. The Hall–Kier alpha value is -1.66. The Morgan fingerprint density at radius 3 is 2.71 bits per heavy atom. The van der Waals surface area contributed by atoms with Crippen molar-refractivity contribution in [1.29, 1.82) is 0 Å². The summed E-state index contributed by atoms with van der Waals surface area (Å²) in [5.74, 6) is -1.14. The number of nitrogens with zero attached hydrogens (tertiary/aromatic N) is 1. The molecule has 2 atom stereocenters. The Morgan fingerprint density at radius 2 is 2.10 bits per heavy atom. The van der Waals surface area contributed by atoms with Gasteiger partial charge in [0, 0.05) is 25.0 Å². The summed E-state index contributed by atoms with van der Waals surface area (Å²) in [6.07, 6.45) is 9.51. The molecule has 0 aromatic heterocycles. The van der Waals surface area contributed by atoms with E-state index in [4.69, 9.17) is 16.6 Å². The first kappa shape index (κ1) is 17.4. The molecular formula is C15H25N3O3. The minimum absolute atomic E-state index is 0.105. The van der Waals surface area contributed by atoms with Gasteiger partial charge in [0.05, 0.1) is 0 Å². The lowest BCUT2D eigenvalue weighted by atomic mass is 9.97. The second-order valence-electron chi connectivity index (χ2n) is 5.61. The predicted octanol–water partition coefficient (Wildman–Crippen LogP) is 0.631. The number of carbonyl (C=O) groups excluding carboxylic acids is 1. The third kappa shape index (κ3) is 5.69. The predicted molar refractivity (Wildman–Crippen MR) is 81.5 cm³/mol. The molecule has 21 heavy (non-hydrogen) atoms. The zero-order valence-corrected chi connectivity index (χ0v) is 12.5. The van der Waals surface area contributed by atoms with Crippen LogP contribution in [0.15, 0.2) is 24.3 Å². The van der Waals surface area contributed by atoms with Gasteiger partial charge in [0.25, 0.3) is 0 Å². The summed E-state index contributed by atoms with van der Waals surface area (Å²) in [4.78, 5) is 24.8. The summed E-state index contributed by atoms with van der Waals surface area (Å²) in [5, 5.41) is 9.10. The Morgan fingerprint density at radius 1 is 1.38 bits per heavy atom. The molecule has 1 aliphatic heterocycles. The van der Waals surface area contributed by atoms with Crippen LogP contribution in [0.4, 0.5) is 0 Å². The molecule has 1 fully saturated rings. The molecule has 6 heteroatoms. The molecule has 1 saturated heterocycles. The van der Waals surface area contributed by atoms with E-state index in [9.17, 15) is 9.59 Å². The van der Waals surface area contributed by atoms with Crippen molar-refractivity contribution in [3.63, 3.8) is 0 Å². The number of carboxylic acids is 1. The number of rotatable bonds is 7. The van der Waals surface area contributed by atoms with E-state index in [1.54, 1.807) is 13.0 Å². The van der Waals surface area contributed by atoms with Crippen LogP contribution in [0.3, 0.4) is 0 Å². The molecule has 0 aromatic carbocycles. The highest BCUT2D eigenvalue weighted by Crippen LogP contribution is 2.21. The van der Waals surface area contributed by atoms with Crippen molar-refractivity contribution in [3.8, 4) is 0 Å². The fourth-order valence-corrected chi connectivity index (χ4v) is 2.42. The number of aliphatic carboxylic acids is 1. The van der Waals surface area contributed by atoms with Crippen LogP contribution in [-0.4, -0.2) is 46.6 Å². The first-order chi connectivity index (χ1) is 9.87. The second-order valence-corrected chi connectivity index (χ2v) is 5.61. The first-order valence-electron chi connectivity index (χ1n) is 7.21. The van der Waals surface area contributed by atoms with E-state index in [0.29, 0.717) is 25.9 Å². The molecule has 1 amide bonds. The summed E-state index contributed by atoms with van der Waals surface area (Å²) in [5.41, 5.74) is 10.6. The average molecular weight is 295 g/mol. The molecule has 0 saturated carbocycles. The maximum Gasteiger partial charge on any atom is 0.326 e. The van der Waals surface area contributed by atoms with E-state index < -0.39 is 17.6 Å². The molecule has 0 bridgehead atoms. The van der Waals surface area contributed by atoms with E-state index in [-0.39, 0.29) is 12.3 Å². The molecule has 118 valence electrons. The van der Waals surface area contributed by atoms with Gasteiger partial charge in [-0.05, 0) is 26.2 Å². The van der Waals surface area contributed by atoms with E-state index in [1.165, 1.54) is 4.90 Å². The molecule has 1 rings (SSSR count). The lowest BCUT2D eigenvalue weighted by molar-refractivity contribution is -0.148. The molecule has 2 unspecified atom stereocenters. The van der Waals surface area contributed by atoms with E-state index in [1.807, 2.05) is 18.2 Å². The van der Waals surface area contributed by atoms with Crippen LogP contribution >= 0.6 is 0 Å². The van der Waals surface area contributed by atoms with E-state index >= 15 is 0 Å². The topological polar surface area (TPSA) is 110 Å². The van der Waals surface area contributed by atoms with Gasteiger partial charge in [-0.2, -0.15) is 0 Å². The maximum absolute atomic E-state index is 12.2. The van der Waals surface area contributed by atoms with Gasteiger partial charge in [-0.3, -0.25) is 4.79 Å². The van der Waals surface area contributed by atoms with Gasteiger partial charge in [-0.15, -0.1) is 0 Å². The molecule has 0 radical (unpaired) electrons. The standard InChI is InChI=1S/C15H25N3O3/c1-15(17,8-4-2-3-5-9-16)11-13(19)18-10-6-7-12(18)14(20)21/h3-5,8,12H,2,6-7,9-11,16-17H2,1H3,(H,20,21)/b5-3-,8-4-. The molecule has 0 aromatic rings. The van der Waals surface area contributed by atoms with Gasteiger partial charge in [-0.25, -0.2) is 4.79 Å². The molecule has 6 nitrogen and oxygen atoms in total. The first-order valence-corrected chi connectivity index (χ1v) is 7.21. The number of amides is 1. The van der Waals surface area contributed by atoms with Gasteiger partial charge in [0.2, 0.25) is 5.91 Å². The Bertz CT molecular complexity index is 430. The van der Waals surface area contributed by atoms with Gasteiger partial charge < -0.3 is 21.5 Å². The smallest absolute Gasteiger partial charge is 0.326 e. The minimum atomic E-state index is -0.943. The number of carboxylic acid groups (broad SMARTS) is 1. The van der Waals surface area contributed by atoms with Gasteiger partial charge in [-0.1, -0.05) is 24.3 Å². The summed E-state index contributed by atoms with van der Waals surface area (Å²) in [6, 6.07) is -0.704. The zero-order valence-electron chi connectivity index (χ0n) is 12.5.